The summed E-state index contributed by atoms with van der Waals surface area (Å²) in [5, 5.41) is 10.0. The normalized spacial score (nSPS) is 11.4. The third-order valence-electron chi connectivity index (χ3n) is 1.85. The van der Waals surface area contributed by atoms with Gasteiger partial charge >= 0.3 is 6.05 Å². The molecule has 1 aromatic rings. The van der Waals surface area contributed by atoms with Crippen LogP contribution in [0.3, 0.4) is 0 Å². The SMILES string of the molecule is Cc1cc(C(F)(F)[N+](=O)[O-])ccc1N. The third kappa shape index (κ3) is 1.63. The molecule has 1 rings (SSSR count). The van der Waals surface area contributed by atoms with Gasteiger partial charge in [0, 0.05) is 5.69 Å². The molecule has 1 aromatic carbocycles. The van der Waals surface area contributed by atoms with Crippen LogP contribution >= 0.6 is 0 Å². The molecule has 14 heavy (non-hydrogen) atoms. The first-order valence-electron chi connectivity index (χ1n) is 3.74. The second-order valence-electron chi connectivity index (χ2n) is 2.87. The minimum absolute atomic E-state index is 0.327. The van der Waals surface area contributed by atoms with Crippen LogP contribution < -0.4 is 5.73 Å². The highest BCUT2D eigenvalue weighted by molar-refractivity contribution is 5.48. The van der Waals surface area contributed by atoms with E-state index < -0.39 is 16.5 Å². The lowest BCUT2D eigenvalue weighted by Crippen LogP contribution is -2.24. The molecule has 0 atom stereocenters. The van der Waals surface area contributed by atoms with Gasteiger partial charge < -0.3 is 5.73 Å². The Bertz CT molecular complexity index is 380. The van der Waals surface area contributed by atoms with Gasteiger partial charge in [0.15, 0.2) is 0 Å². The molecule has 0 unspecified atom stereocenters. The average Bonchev–Trinajstić information content (AvgIpc) is 2.09. The summed E-state index contributed by atoms with van der Waals surface area (Å²) in [6.07, 6.45) is 0. The van der Waals surface area contributed by atoms with E-state index in [4.69, 9.17) is 5.73 Å². The highest BCUT2D eigenvalue weighted by atomic mass is 19.3. The van der Waals surface area contributed by atoms with E-state index in [1.165, 1.54) is 13.0 Å². The van der Waals surface area contributed by atoms with Crippen LogP contribution in [0.5, 0.6) is 0 Å². The zero-order valence-electron chi connectivity index (χ0n) is 7.33. The Kier molecular flexibility index (Phi) is 2.37. The number of halogens is 2. The van der Waals surface area contributed by atoms with Crippen LogP contribution in [0.1, 0.15) is 11.1 Å². The van der Waals surface area contributed by atoms with Gasteiger partial charge in [0.2, 0.25) is 0 Å². The van der Waals surface area contributed by atoms with Gasteiger partial charge in [-0.15, -0.1) is 8.78 Å². The van der Waals surface area contributed by atoms with Gasteiger partial charge in [-0.3, -0.25) is 10.1 Å². The first kappa shape index (κ1) is 10.4. The van der Waals surface area contributed by atoms with Crippen molar-refractivity contribution in [1.29, 1.82) is 0 Å². The third-order valence-corrected chi connectivity index (χ3v) is 1.85. The van der Waals surface area contributed by atoms with Crippen molar-refractivity contribution in [2.75, 3.05) is 5.73 Å². The molecule has 0 aliphatic carbocycles. The number of nitrogen functional groups attached to an aromatic ring is 1. The molecule has 0 amide bonds. The first-order chi connectivity index (χ1) is 6.35. The molecule has 6 heteroatoms. The molecule has 0 radical (unpaired) electrons. The summed E-state index contributed by atoms with van der Waals surface area (Å²) in [5.74, 6) is 0. The summed E-state index contributed by atoms with van der Waals surface area (Å²) in [7, 11) is 0. The number of rotatable bonds is 2. The molecule has 4 nitrogen and oxygen atoms in total. The quantitative estimate of drug-likeness (QED) is 0.344. The Morgan fingerprint density at radius 3 is 2.50 bits per heavy atom. The molecule has 0 aliphatic heterocycles. The molecule has 0 spiro atoms. The van der Waals surface area contributed by atoms with Crippen molar-refractivity contribution >= 4 is 5.69 Å². The van der Waals surface area contributed by atoms with Gasteiger partial charge in [-0.05, 0) is 30.7 Å². The van der Waals surface area contributed by atoms with Crippen LogP contribution in [0.2, 0.25) is 0 Å². The van der Waals surface area contributed by atoms with Crippen LogP contribution in [-0.2, 0) is 6.05 Å². The highest BCUT2D eigenvalue weighted by Gasteiger charge is 2.46. The van der Waals surface area contributed by atoms with Crippen LogP contribution in [0, 0.1) is 17.0 Å². The molecular formula is C8H8F2N2O2. The van der Waals surface area contributed by atoms with Crippen molar-refractivity contribution in [3.63, 3.8) is 0 Å². The Morgan fingerprint density at radius 1 is 1.50 bits per heavy atom. The molecule has 0 saturated carbocycles. The molecular weight excluding hydrogens is 194 g/mol. The number of nitrogens with zero attached hydrogens (tertiary/aromatic N) is 1. The van der Waals surface area contributed by atoms with Crippen LogP contribution in [0.15, 0.2) is 18.2 Å². The number of anilines is 1. The van der Waals surface area contributed by atoms with Crippen LogP contribution in [0.4, 0.5) is 14.5 Å². The second kappa shape index (κ2) is 3.21. The fourth-order valence-electron chi connectivity index (χ4n) is 0.968. The van der Waals surface area contributed by atoms with Gasteiger partial charge in [0.25, 0.3) is 0 Å². The monoisotopic (exact) mass is 202 g/mol. The molecule has 0 fully saturated rings. The maximum absolute atomic E-state index is 12.9. The number of aryl methyl sites for hydroxylation is 1. The standard InChI is InChI=1S/C8H8F2N2O2/c1-5-4-6(2-3-7(5)11)8(9,10)12(13)14/h2-4H,11H2,1H3. The lowest BCUT2D eigenvalue weighted by Gasteiger charge is -2.08. The van der Waals surface area contributed by atoms with Crippen molar-refractivity contribution in [2.45, 2.75) is 13.0 Å². The van der Waals surface area contributed by atoms with Crippen molar-refractivity contribution < 1.29 is 13.7 Å². The second-order valence-corrected chi connectivity index (χ2v) is 2.87. The van der Waals surface area contributed by atoms with Gasteiger partial charge in [0.1, 0.15) is 10.5 Å². The van der Waals surface area contributed by atoms with E-state index in [1.54, 1.807) is 0 Å². The summed E-state index contributed by atoms with van der Waals surface area (Å²) >= 11 is 0. The van der Waals surface area contributed by atoms with Crippen molar-refractivity contribution in [1.82, 2.24) is 0 Å². The van der Waals surface area contributed by atoms with Gasteiger partial charge in [0.05, 0.1) is 0 Å². The summed E-state index contributed by atoms with van der Waals surface area (Å²) < 4.78 is 25.7. The molecule has 0 aliphatic rings. The summed E-state index contributed by atoms with van der Waals surface area (Å²) in [5.41, 5.74) is 5.45. The fourth-order valence-corrected chi connectivity index (χ4v) is 0.968. The smallest absolute Gasteiger partial charge is 0.399 e. The van der Waals surface area contributed by atoms with E-state index in [-0.39, 0.29) is 0 Å². The zero-order valence-corrected chi connectivity index (χ0v) is 7.33. The number of alkyl halides is 2. The number of nitro groups is 1. The predicted molar refractivity (Wildman–Crippen MR) is 46.5 cm³/mol. The fraction of sp³-hybridized carbons (Fsp3) is 0.250. The van der Waals surface area contributed by atoms with E-state index in [1.807, 2.05) is 0 Å². The van der Waals surface area contributed by atoms with Crippen molar-refractivity contribution in [2.24, 2.45) is 0 Å². The van der Waals surface area contributed by atoms with Crippen LogP contribution in [-0.4, -0.2) is 4.92 Å². The minimum Gasteiger partial charge on any atom is -0.399 e. The number of benzene rings is 1. The lowest BCUT2D eigenvalue weighted by atomic mass is 10.1. The largest absolute Gasteiger partial charge is 0.539 e. The number of hydrogen-bond acceptors (Lipinski definition) is 3. The molecule has 2 N–H and O–H groups in total. The Balaban J connectivity index is 3.21. The Labute approximate surface area is 78.5 Å². The highest BCUT2D eigenvalue weighted by Crippen LogP contribution is 2.30. The van der Waals surface area contributed by atoms with E-state index in [2.05, 4.69) is 0 Å². The zero-order chi connectivity index (χ0) is 10.9. The van der Waals surface area contributed by atoms with E-state index in [9.17, 15) is 18.9 Å². The Morgan fingerprint density at radius 2 is 2.07 bits per heavy atom. The maximum atomic E-state index is 12.9. The summed E-state index contributed by atoms with van der Waals surface area (Å²) in [6, 6.07) is -0.871. The van der Waals surface area contributed by atoms with E-state index in [0.717, 1.165) is 12.1 Å². The Hall–Kier alpha value is -1.72. The first-order valence-corrected chi connectivity index (χ1v) is 3.74. The van der Waals surface area contributed by atoms with Crippen LogP contribution in [0.25, 0.3) is 0 Å². The molecule has 76 valence electrons. The molecule has 0 aromatic heterocycles. The van der Waals surface area contributed by atoms with Gasteiger partial charge in [-0.1, -0.05) is 0 Å². The van der Waals surface area contributed by atoms with E-state index in [0.29, 0.717) is 11.3 Å². The number of nitrogens with two attached hydrogens (primary N) is 1. The lowest BCUT2D eigenvalue weighted by molar-refractivity contribution is -0.656. The van der Waals surface area contributed by atoms with Gasteiger partial charge in [-0.2, -0.15) is 0 Å². The molecule has 0 bridgehead atoms. The average molecular weight is 202 g/mol. The summed E-state index contributed by atoms with van der Waals surface area (Å²) in [6.45, 7) is 1.51. The van der Waals surface area contributed by atoms with E-state index >= 15 is 0 Å². The summed E-state index contributed by atoms with van der Waals surface area (Å²) in [4.78, 5) is 8.41. The topological polar surface area (TPSA) is 69.2 Å². The number of hydrogen-bond donors (Lipinski definition) is 1. The maximum Gasteiger partial charge on any atom is 0.539 e. The molecule has 0 saturated heterocycles. The van der Waals surface area contributed by atoms with Crippen molar-refractivity contribution in [3.8, 4) is 0 Å². The molecule has 0 heterocycles. The van der Waals surface area contributed by atoms with Crippen molar-refractivity contribution in [3.05, 3.63) is 39.4 Å². The minimum atomic E-state index is -4.06. The van der Waals surface area contributed by atoms with Gasteiger partial charge in [-0.25, -0.2) is 0 Å². The predicted octanol–water partition coefficient (Wildman–Crippen LogP) is 1.90.